The molecule has 0 radical (unpaired) electrons. The Balaban J connectivity index is 1.84. The molecule has 7 heteroatoms. The highest BCUT2D eigenvalue weighted by molar-refractivity contribution is 8.04. The van der Waals surface area contributed by atoms with Gasteiger partial charge in [-0.05, 0) is 51.4 Å². The first-order chi connectivity index (χ1) is 14.7. The Labute approximate surface area is 194 Å². The van der Waals surface area contributed by atoms with Crippen LogP contribution in [-0.4, -0.2) is 48.0 Å². The van der Waals surface area contributed by atoms with Crippen molar-refractivity contribution in [2.45, 2.75) is 58.1 Å². The van der Waals surface area contributed by atoms with Gasteiger partial charge in [-0.25, -0.2) is 0 Å². The van der Waals surface area contributed by atoms with Gasteiger partial charge in [-0.15, -0.1) is 11.8 Å². The van der Waals surface area contributed by atoms with E-state index in [1.165, 1.54) is 4.91 Å². The second-order valence-corrected chi connectivity index (χ2v) is 10.6. The second-order valence-electron chi connectivity index (χ2n) is 8.67. The van der Waals surface area contributed by atoms with Gasteiger partial charge in [0.25, 0.3) is 0 Å². The minimum absolute atomic E-state index is 0.00800. The van der Waals surface area contributed by atoms with Crippen molar-refractivity contribution >= 4 is 41.0 Å². The summed E-state index contributed by atoms with van der Waals surface area (Å²) in [6, 6.07) is 0. The van der Waals surface area contributed by atoms with Crippen molar-refractivity contribution in [1.82, 2.24) is 4.90 Å². The molecule has 2 aliphatic heterocycles. The summed E-state index contributed by atoms with van der Waals surface area (Å²) in [4.78, 5) is 40.9. The normalized spacial score (nSPS) is 29.1. The number of carbonyl (C=O) groups excluding carboxylic acids is 3. The Morgan fingerprint density at radius 2 is 2.06 bits per heavy atom. The molecule has 170 valence electrons. The number of Topliss-reactive ketones (excluding diaryl/α,β-unsaturated/α-hetero) is 1. The molecule has 0 aromatic heterocycles. The number of ketones is 1. The van der Waals surface area contributed by atoms with E-state index in [9.17, 15) is 14.4 Å². The van der Waals surface area contributed by atoms with Gasteiger partial charge in [0.15, 0.2) is 0 Å². The van der Waals surface area contributed by atoms with Gasteiger partial charge in [0.1, 0.15) is 5.78 Å². The molecule has 31 heavy (non-hydrogen) atoms. The lowest BCUT2D eigenvalue weighted by Crippen LogP contribution is -2.44. The Morgan fingerprint density at radius 1 is 1.32 bits per heavy atom. The summed E-state index contributed by atoms with van der Waals surface area (Å²) in [5, 5.41) is 0.888. The zero-order chi connectivity index (χ0) is 22.7. The van der Waals surface area contributed by atoms with Crippen LogP contribution >= 0.6 is 23.4 Å². The highest BCUT2D eigenvalue weighted by atomic mass is 35.5. The van der Waals surface area contributed by atoms with E-state index < -0.39 is 0 Å². The van der Waals surface area contributed by atoms with Crippen molar-refractivity contribution in [2.24, 2.45) is 17.8 Å². The fraction of sp³-hybridized carbons (Fsp3) is 0.625. The van der Waals surface area contributed by atoms with Crippen LogP contribution in [0.1, 0.15) is 52.9 Å². The zero-order valence-corrected chi connectivity index (χ0v) is 20.4. The Morgan fingerprint density at radius 3 is 2.71 bits per heavy atom. The van der Waals surface area contributed by atoms with Gasteiger partial charge in [-0.1, -0.05) is 28.8 Å². The van der Waals surface area contributed by atoms with Crippen molar-refractivity contribution in [1.29, 1.82) is 0 Å². The predicted molar refractivity (Wildman–Crippen MR) is 125 cm³/mol. The fourth-order valence-corrected chi connectivity index (χ4v) is 6.58. The van der Waals surface area contributed by atoms with Crippen LogP contribution in [0.4, 0.5) is 0 Å². The van der Waals surface area contributed by atoms with Crippen LogP contribution in [0.5, 0.6) is 0 Å². The summed E-state index contributed by atoms with van der Waals surface area (Å²) in [5.41, 5.74) is 2.10. The summed E-state index contributed by atoms with van der Waals surface area (Å²) in [7, 11) is 1.80. The largest absolute Gasteiger partial charge is 0.466 e. The van der Waals surface area contributed by atoms with Crippen LogP contribution in [-0.2, 0) is 19.1 Å². The van der Waals surface area contributed by atoms with Crippen LogP contribution in [0.15, 0.2) is 33.2 Å². The third-order valence-corrected chi connectivity index (χ3v) is 8.57. The lowest BCUT2D eigenvalue weighted by atomic mass is 9.75. The molecule has 0 bridgehead atoms. The third kappa shape index (κ3) is 5.46. The number of likely N-dealkylation sites (N-methyl/N-ethyl adjacent to an activating group) is 1. The number of rotatable bonds is 7. The monoisotopic (exact) mass is 465 g/mol. The molecule has 0 N–H and O–H groups in total. The lowest BCUT2D eigenvalue weighted by Gasteiger charge is -2.37. The number of esters is 1. The first-order valence-electron chi connectivity index (χ1n) is 11.1. The van der Waals surface area contributed by atoms with Gasteiger partial charge in [0.2, 0.25) is 5.91 Å². The van der Waals surface area contributed by atoms with Crippen LogP contribution in [0.25, 0.3) is 0 Å². The van der Waals surface area contributed by atoms with E-state index in [2.05, 4.69) is 13.8 Å². The van der Waals surface area contributed by atoms with Gasteiger partial charge >= 0.3 is 5.97 Å². The third-order valence-electron chi connectivity index (χ3n) is 6.68. The molecule has 3 rings (SSSR count). The SMILES string of the molecule is CCOC(=O)CCC1=CC(=O)N(C)C[C@H]1[C@@H]1SC(C)=C(C)C1C(=O)[C@H]1CC=C(Cl)CC1. The van der Waals surface area contributed by atoms with E-state index in [1.54, 1.807) is 36.7 Å². The fourth-order valence-electron chi connectivity index (χ4n) is 4.76. The highest BCUT2D eigenvalue weighted by Gasteiger charge is 2.45. The smallest absolute Gasteiger partial charge is 0.306 e. The maximum absolute atomic E-state index is 13.6. The van der Waals surface area contributed by atoms with Gasteiger partial charge in [0, 0.05) is 48.2 Å². The van der Waals surface area contributed by atoms with Gasteiger partial charge in [-0.3, -0.25) is 14.4 Å². The number of hydrogen-bond acceptors (Lipinski definition) is 5. The van der Waals surface area contributed by atoms with Crippen LogP contribution < -0.4 is 0 Å². The molecule has 0 saturated heterocycles. The van der Waals surface area contributed by atoms with Gasteiger partial charge in [0.05, 0.1) is 12.5 Å². The van der Waals surface area contributed by atoms with Crippen molar-refractivity contribution in [3.05, 3.63) is 33.2 Å². The molecule has 1 amide bonds. The van der Waals surface area contributed by atoms with Crippen LogP contribution in [0.2, 0.25) is 0 Å². The number of ether oxygens (including phenoxy) is 1. The number of halogens is 1. The van der Waals surface area contributed by atoms with E-state index in [-0.39, 0.29) is 47.1 Å². The molecule has 2 heterocycles. The van der Waals surface area contributed by atoms with E-state index in [0.29, 0.717) is 26.0 Å². The molecule has 0 fully saturated rings. The van der Waals surface area contributed by atoms with Crippen molar-refractivity contribution in [3.63, 3.8) is 0 Å². The number of allylic oxidation sites excluding steroid dienone is 4. The molecule has 0 aromatic carbocycles. The zero-order valence-electron chi connectivity index (χ0n) is 18.8. The molecule has 5 nitrogen and oxygen atoms in total. The number of thioether (sulfide) groups is 1. The summed E-state index contributed by atoms with van der Waals surface area (Å²) in [6.45, 7) is 6.84. The first kappa shape index (κ1) is 24.1. The Bertz CT molecular complexity index is 847. The molecule has 1 unspecified atom stereocenters. The van der Waals surface area contributed by atoms with E-state index in [0.717, 1.165) is 29.0 Å². The number of carbonyl (C=O) groups is 3. The average molecular weight is 466 g/mol. The Kier molecular flexibility index (Phi) is 8.08. The minimum Gasteiger partial charge on any atom is -0.466 e. The first-order valence-corrected chi connectivity index (χ1v) is 12.3. The van der Waals surface area contributed by atoms with Crippen molar-refractivity contribution in [2.75, 3.05) is 20.2 Å². The van der Waals surface area contributed by atoms with Gasteiger partial charge in [-0.2, -0.15) is 0 Å². The van der Waals surface area contributed by atoms with E-state index in [4.69, 9.17) is 16.3 Å². The molecule has 1 aliphatic carbocycles. The summed E-state index contributed by atoms with van der Waals surface area (Å²) >= 11 is 7.89. The maximum Gasteiger partial charge on any atom is 0.306 e. The lowest BCUT2D eigenvalue weighted by molar-refractivity contribution is -0.143. The molecule has 0 spiro atoms. The molecular formula is C24H32ClNO4S. The standard InChI is InChI=1S/C24H32ClNO4S/c1-5-30-21(28)11-8-17-12-20(27)26(4)13-19(17)24-22(14(2)15(3)31-24)23(29)16-6-9-18(25)10-7-16/h9,12,16,19,22,24H,5-8,10-11,13H2,1-4H3/t16-,19+,22?,24-/m0/s1. The maximum atomic E-state index is 13.6. The molecular weight excluding hydrogens is 434 g/mol. The summed E-state index contributed by atoms with van der Waals surface area (Å²) in [5.74, 6) is -0.155. The second kappa shape index (κ2) is 10.4. The number of hydrogen-bond donors (Lipinski definition) is 0. The quantitative estimate of drug-likeness (QED) is 0.502. The topological polar surface area (TPSA) is 63.7 Å². The predicted octanol–water partition coefficient (Wildman–Crippen LogP) is 4.86. The highest BCUT2D eigenvalue weighted by Crippen LogP contribution is 2.50. The molecule has 3 aliphatic rings. The molecule has 0 aromatic rings. The van der Waals surface area contributed by atoms with E-state index in [1.807, 2.05) is 6.08 Å². The van der Waals surface area contributed by atoms with Crippen molar-refractivity contribution < 1.29 is 19.1 Å². The molecule has 4 atom stereocenters. The minimum atomic E-state index is -0.253. The summed E-state index contributed by atoms with van der Waals surface area (Å²) in [6.07, 6.45) is 6.64. The summed E-state index contributed by atoms with van der Waals surface area (Å²) < 4.78 is 5.08. The van der Waals surface area contributed by atoms with Crippen LogP contribution in [0.3, 0.4) is 0 Å². The average Bonchev–Trinajstić information content (AvgIpc) is 3.03. The van der Waals surface area contributed by atoms with Crippen molar-refractivity contribution in [3.8, 4) is 0 Å². The van der Waals surface area contributed by atoms with E-state index >= 15 is 0 Å². The number of nitrogens with zero attached hydrogens (tertiary/aromatic N) is 1. The number of amides is 1. The van der Waals surface area contributed by atoms with Gasteiger partial charge < -0.3 is 9.64 Å². The van der Waals surface area contributed by atoms with Crippen LogP contribution in [0, 0.1) is 17.8 Å². The Hall–Kier alpha value is -1.53. The molecule has 0 saturated carbocycles.